The molecule has 1 heterocycles. The lowest BCUT2D eigenvalue weighted by molar-refractivity contribution is 0.103. The van der Waals surface area contributed by atoms with Crippen molar-refractivity contribution in [1.29, 1.82) is 0 Å². The first kappa shape index (κ1) is 21.2. The summed E-state index contributed by atoms with van der Waals surface area (Å²) >= 11 is 12.5. The first-order valence-corrected chi connectivity index (χ1v) is 11.2. The topological polar surface area (TPSA) is 42.0 Å². The predicted molar refractivity (Wildman–Crippen MR) is 137 cm³/mol. The van der Waals surface area contributed by atoms with Gasteiger partial charge in [0.25, 0.3) is 0 Å². The van der Waals surface area contributed by atoms with Crippen molar-refractivity contribution in [3.63, 3.8) is 0 Å². The number of nitrogens with zero attached hydrogens (tertiary/aromatic N) is 1. The standard InChI is InChI=1S/C28H18Cl2N2O/c29-20-11-13-25-23(15-20)22(18-7-3-1-4-8-18)17-27(31-25)32-26-14-12-21(30)16-24(26)28(33)19-9-5-2-6-10-19/h1-17H,(H,31,32). The largest absolute Gasteiger partial charge is 0.340 e. The van der Waals surface area contributed by atoms with Crippen LogP contribution in [0.15, 0.2) is 103 Å². The highest BCUT2D eigenvalue weighted by molar-refractivity contribution is 6.32. The van der Waals surface area contributed by atoms with Gasteiger partial charge in [0.2, 0.25) is 0 Å². The number of rotatable bonds is 5. The van der Waals surface area contributed by atoms with Gasteiger partial charge in [-0.1, -0.05) is 83.9 Å². The molecule has 4 aromatic carbocycles. The molecule has 0 amide bonds. The Morgan fingerprint density at radius 1 is 0.727 bits per heavy atom. The fourth-order valence-electron chi connectivity index (χ4n) is 3.81. The van der Waals surface area contributed by atoms with Gasteiger partial charge in [-0.3, -0.25) is 4.79 Å². The van der Waals surface area contributed by atoms with Gasteiger partial charge in [-0.05, 0) is 53.6 Å². The van der Waals surface area contributed by atoms with E-state index in [0.29, 0.717) is 32.7 Å². The second kappa shape index (κ2) is 9.07. The quantitative estimate of drug-likeness (QED) is 0.264. The summed E-state index contributed by atoms with van der Waals surface area (Å²) in [5.41, 5.74) is 4.55. The maximum Gasteiger partial charge on any atom is 0.195 e. The lowest BCUT2D eigenvalue weighted by Crippen LogP contribution is -2.06. The average Bonchev–Trinajstić information content (AvgIpc) is 2.85. The molecule has 0 aliphatic rings. The maximum atomic E-state index is 13.2. The van der Waals surface area contributed by atoms with Crippen molar-refractivity contribution in [2.24, 2.45) is 0 Å². The molecule has 3 nitrogen and oxygen atoms in total. The highest BCUT2D eigenvalue weighted by Crippen LogP contribution is 2.34. The Morgan fingerprint density at radius 2 is 1.39 bits per heavy atom. The Hall–Kier alpha value is -3.66. The molecule has 33 heavy (non-hydrogen) atoms. The molecule has 5 rings (SSSR count). The number of hydrogen-bond acceptors (Lipinski definition) is 3. The molecule has 0 aliphatic heterocycles. The Kier molecular flexibility index (Phi) is 5.82. The number of fused-ring (bicyclic) bond motifs is 1. The predicted octanol–water partition coefficient (Wildman–Crippen LogP) is 8.18. The Bertz CT molecular complexity index is 1470. The molecule has 160 valence electrons. The number of hydrogen-bond donors (Lipinski definition) is 1. The third-order valence-electron chi connectivity index (χ3n) is 5.38. The van der Waals surface area contributed by atoms with E-state index in [-0.39, 0.29) is 5.78 Å². The van der Waals surface area contributed by atoms with Gasteiger partial charge in [0.15, 0.2) is 5.78 Å². The van der Waals surface area contributed by atoms with Crippen LogP contribution in [-0.2, 0) is 0 Å². The fraction of sp³-hybridized carbons (Fsp3) is 0. The second-order valence-electron chi connectivity index (χ2n) is 7.59. The molecule has 0 spiro atoms. The molecule has 0 atom stereocenters. The van der Waals surface area contributed by atoms with Crippen LogP contribution in [0.1, 0.15) is 15.9 Å². The van der Waals surface area contributed by atoms with E-state index in [2.05, 4.69) is 5.32 Å². The summed E-state index contributed by atoms with van der Waals surface area (Å²) in [6.45, 7) is 0. The number of carbonyl (C=O) groups is 1. The van der Waals surface area contributed by atoms with Gasteiger partial charge in [-0.25, -0.2) is 4.98 Å². The van der Waals surface area contributed by atoms with Crippen molar-refractivity contribution < 1.29 is 4.79 Å². The zero-order chi connectivity index (χ0) is 22.8. The first-order valence-electron chi connectivity index (χ1n) is 10.4. The molecule has 0 unspecified atom stereocenters. The maximum absolute atomic E-state index is 13.2. The molecule has 5 aromatic rings. The lowest BCUT2D eigenvalue weighted by Gasteiger charge is -2.15. The number of benzene rings is 4. The summed E-state index contributed by atoms with van der Waals surface area (Å²) in [4.78, 5) is 18.0. The minimum atomic E-state index is -0.114. The Morgan fingerprint density at radius 3 is 2.15 bits per heavy atom. The van der Waals surface area contributed by atoms with E-state index in [9.17, 15) is 4.79 Å². The molecule has 0 saturated carbocycles. The average molecular weight is 469 g/mol. The van der Waals surface area contributed by atoms with Crippen LogP contribution in [-0.4, -0.2) is 10.8 Å². The van der Waals surface area contributed by atoms with E-state index in [1.54, 1.807) is 30.3 Å². The molecule has 0 aliphatic carbocycles. The van der Waals surface area contributed by atoms with Crippen LogP contribution in [0.25, 0.3) is 22.0 Å². The summed E-state index contributed by atoms with van der Waals surface area (Å²) < 4.78 is 0. The van der Waals surface area contributed by atoms with Crippen molar-refractivity contribution in [2.75, 3.05) is 5.32 Å². The van der Waals surface area contributed by atoms with Crippen LogP contribution in [0.4, 0.5) is 11.5 Å². The second-order valence-corrected chi connectivity index (χ2v) is 8.47. The van der Waals surface area contributed by atoms with E-state index in [1.807, 2.05) is 72.8 Å². The van der Waals surface area contributed by atoms with Crippen molar-refractivity contribution in [3.8, 4) is 11.1 Å². The number of aromatic nitrogens is 1. The lowest BCUT2D eigenvalue weighted by atomic mass is 10.00. The molecular weight excluding hydrogens is 451 g/mol. The molecule has 0 radical (unpaired) electrons. The number of anilines is 2. The third kappa shape index (κ3) is 4.47. The van der Waals surface area contributed by atoms with Crippen molar-refractivity contribution in [1.82, 2.24) is 4.98 Å². The van der Waals surface area contributed by atoms with E-state index in [4.69, 9.17) is 28.2 Å². The molecule has 0 saturated heterocycles. The monoisotopic (exact) mass is 468 g/mol. The van der Waals surface area contributed by atoms with E-state index in [0.717, 1.165) is 22.0 Å². The van der Waals surface area contributed by atoms with Gasteiger partial charge in [-0.15, -0.1) is 0 Å². The minimum Gasteiger partial charge on any atom is -0.340 e. The Labute approximate surface area is 201 Å². The minimum absolute atomic E-state index is 0.114. The van der Waals surface area contributed by atoms with Crippen LogP contribution >= 0.6 is 23.2 Å². The van der Waals surface area contributed by atoms with Crippen LogP contribution in [0, 0.1) is 0 Å². The number of ketones is 1. The number of carbonyl (C=O) groups excluding carboxylic acids is 1. The zero-order valence-corrected chi connectivity index (χ0v) is 18.9. The van der Waals surface area contributed by atoms with Gasteiger partial charge in [0, 0.05) is 26.6 Å². The summed E-state index contributed by atoms with van der Waals surface area (Å²) in [5.74, 6) is 0.504. The normalized spacial score (nSPS) is 10.8. The Balaban J connectivity index is 1.62. The zero-order valence-electron chi connectivity index (χ0n) is 17.4. The number of pyridine rings is 1. The van der Waals surface area contributed by atoms with Crippen molar-refractivity contribution >= 4 is 51.4 Å². The first-order chi connectivity index (χ1) is 16.1. The summed E-state index contributed by atoms with van der Waals surface area (Å²) in [6.07, 6.45) is 0. The van der Waals surface area contributed by atoms with Gasteiger partial charge in [0.1, 0.15) is 5.82 Å². The van der Waals surface area contributed by atoms with Gasteiger partial charge >= 0.3 is 0 Å². The van der Waals surface area contributed by atoms with Crippen LogP contribution in [0.3, 0.4) is 0 Å². The van der Waals surface area contributed by atoms with E-state index in [1.165, 1.54) is 0 Å². The fourth-order valence-corrected chi connectivity index (χ4v) is 4.16. The van der Waals surface area contributed by atoms with Gasteiger partial charge in [-0.2, -0.15) is 0 Å². The highest BCUT2D eigenvalue weighted by atomic mass is 35.5. The summed E-state index contributed by atoms with van der Waals surface area (Å²) in [7, 11) is 0. The van der Waals surface area contributed by atoms with Gasteiger partial charge in [0.05, 0.1) is 11.2 Å². The number of nitrogens with one attached hydrogen (secondary N) is 1. The smallest absolute Gasteiger partial charge is 0.195 e. The van der Waals surface area contributed by atoms with Crippen molar-refractivity contribution in [2.45, 2.75) is 0 Å². The molecule has 0 bridgehead atoms. The van der Waals surface area contributed by atoms with Crippen LogP contribution in [0.2, 0.25) is 10.0 Å². The van der Waals surface area contributed by atoms with E-state index >= 15 is 0 Å². The molecule has 0 fully saturated rings. The van der Waals surface area contributed by atoms with Crippen LogP contribution < -0.4 is 5.32 Å². The third-order valence-corrected chi connectivity index (χ3v) is 5.85. The van der Waals surface area contributed by atoms with Crippen LogP contribution in [0.5, 0.6) is 0 Å². The SMILES string of the molecule is O=C(c1ccccc1)c1cc(Cl)ccc1Nc1cc(-c2ccccc2)c2cc(Cl)ccc2n1. The molecule has 1 aromatic heterocycles. The molecular formula is C28H18Cl2N2O. The van der Waals surface area contributed by atoms with Crippen molar-refractivity contribution in [3.05, 3.63) is 124 Å². The summed E-state index contributed by atoms with van der Waals surface area (Å²) in [5, 5.41) is 5.44. The molecule has 5 heteroatoms. The van der Waals surface area contributed by atoms with Gasteiger partial charge < -0.3 is 5.32 Å². The number of halogens is 2. The molecule has 1 N–H and O–H groups in total. The summed E-state index contributed by atoms with van der Waals surface area (Å²) in [6, 6.07) is 32.0. The highest BCUT2D eigenvalue weighted by Gasteiger charge is 2.16. The van der Waals surface area contributed by atoms with E-state index < -0.39 is 0 Å².